The molecule has 24 heavy (non-hydrogen) atoms. The lowest BCUT2D eigenvalue weighted by molar-refractivity contribution is 0.586. The third kappa shape index (κ3) is 3.87. The topological polar surface area (TPSA) is 62.7 Å². The largest absolute Gasteiger partial charge is 0.339 e. The molecule has 0 aliphatic rings. The summed E-state index contributed by atoms with van der Waals surface area (Å²) in [6, 6.07) is 8.09. The van der Waals surface area contributed by atoms with E-state index in [1.54, 1.807) is 18.2 Å². The van der Waals surface area contributed by atoms with E-state index in [0.717, 1.165) is 12.1 Å². The summed E-state index contributed by atoms with van der Waals surface area (Å²) in [7, 11) is 0. The first kappa shape index (κ1) is 16.4. The molecule has 2 aromatic carbocycles. The minimum atomic E-state index is -0.763. The van der Waals surface area contributed by atoms with Gasteiger partial charge in [0.05, 0.1) is 21.9 Å². The first-order chi connectivity index (χ1) is 11.5. The van der Waals surface area contributed by atoms with Gasteiger partial charge in [0.15, 0.2) is 5.82 Å². The van der Waals surface area contributed by atoms with Gasteiger partial charge in [-0.15, -0.1) is 5.10 Å². The van der Waals surface area contributed by atoms with Crippen molar-refractivity contribution in [2.24, 2.45) is 0 Å². The predicted molar refractivity (Wildman–Crippen MR) is 89.2 cm³/mol. The van der Waals surface area contributed by atoms with Gasteiger partial charge >= 0.3 is 0 Å². The maximum atomic E-state index is 13.6. The van der Waals surface area contributed by atoms with Crippen molar-refractivity contribution < 1.29 is 8.78 Å². The third-order valence-electron chi connectivity index (χ3n) is 2.93. The Morgan fingerprint density at radius 2 is 1.75 bits per heavy atom. The molecule has 2 N–H and O–H groups in total. The van der Waals surface area contributed by atoms with Crippen LogP contribution >= 0.6 is 23.2 Å². The highest BCUT2D eigenvalue weighted by molar-refractivity contribution is 6.42. The summed E-state index contributed by atoms with van der Waals surface area (Å²) in [6.45, 7) is 0. The van der Waals surface area contributed by atoms with E-state index in [1.807, 2.05) is 0 Å². The number of nitrogens with zero attached hydrogens (tertiary/aromatic N) is 3. The maximum Gasteiger partial charge on any atom is 0.249 e. The van der Waals surface area contributed by atoms with E-state index in [0.29, 0.717) is 21.6 Å². The highest BCUT2D eigenvalue weighted by Gasteiger charge is 2.07. The molecule has 0 unspecified atom stereocenters. The minimum Gasteiger partial charge on any atom is -0.339 e. The summed E-state index contributed by atoms with van der Waals surface area (Å²) in [6.07, 6.45) is 1.38. The first-order valence-corrected chi connectivity index (χ1v) is 7.41. The van der Waals surface area contributed by atoms with Gasteiger partial charge in [0.25, 0.3) is 0 Å². The number of nitrogens with one attached hydrogen (secondary N) is 2. The Kier molecular flexibility index (Phi) is 4.73. The van der Waals surface area contributed by atoms with Crippen LogP contribution in [0.2, 0.25) is 10.0 Å². The average molecular weight is 368 g/mol. The van der Waals surface area contributed by atoms with Gasteiger partial charge in [0, 0.05) is 11.8 Å². The van der Waals surface area contributed by atoms with Crippen LogP contribution in [0, 0.1) is 11.6 Å². The minimum absolute atomic E-state index is 0.0323. The van der Waals surface area contributed by atoms with Crippen molar-refractivity contribution >= 4 is 46.3 Å². The highest BCUT2D eigenvalue weighted by Crippen LogP contribution is 2.26. The van der Waals surface area contributed by atoms with Gasteiger partial charge in [-0.2, -0.15) is 10.1 Å². The second-order valence-corrected chi connectivity index (χ2v) is 5.48. The normalized spacial score (nSPS) is 10.5. The molecule has 122 valence electrons. The average Bonchev–Trinajstić information content (AvgIpc) is 2.54. The third-order valence-corrected chi connectivity index (χ3v) is 3.67. The molecule has 3 rings (SSSR count). The Morgan fingerprint density at radius 1 is 0.917 bits per heavy atom. The summed E-state index contributed by atoms with van der Waals surface area (Å²) in [5.74, 6) is -1.03. The fourth-order valence-corrected chi connectivity index (χ4v) is 2.15. The van der Waals surface area contributed by atoms with E-state index in [-0.39, 0.29) is 11.6 Å². The zero-order chi connectivity index (χ0) is 17.1. The van der Waals surface area contributed by atoms with Crippen LogP contribution in [-0.2, 0) is 0 Å². The Hall–Kier alpha value is -2.51. The van der Waals surface area contributed by atoms with E-state index in [2.05, 4.69) is 25.8 Å². The number of hydrogen-bond donors (Lipinski definition) is 2. The fourth-order valence-electron chi connectivity index (χ4n) is 1.85. The molecule has 0 atom stereocenters. The van der Waals surface area contributed by atoms with E-state index in [9.17, 15) is 8.78 Å². The van der Waals surface area contributed by atoms with E-state index in [1.165, 1.54) is 12.3 Å². The van der Waals surface area contributed by atoms with Crippen LogP contribution in [0.3, 0.4) is 0 Å². The Bertz CT molecular complexity index is 891. The second-order valence-electron chi connectivity index (χ2n) is 4.67. The lowest BCUT2D eigenvalue weighted by Gasteiger charge is -2.09. The molecule has 0 aliphatic carbocycles. The monoisotopic (exact) mass is 367 g/mol. The van der Waals surface area contributed by atoms with Crippen molar-refractivity contribution in [1.82, 2.24) is 15.2 Å². The highest BCUT2D eigenvalue weighted by atomic mass is 35.5. The van der Waals surface area contributed by atoms with Crippen LogP contribution in [0.15, 0.2) is 42.6 Å². The van der Waals surface area contributed by atoms with Crippen molar-refractivity contribution in [3.8, 4) is 0 Å². The number of halogens is 4. The van der Waals surface area contributed by atoms with Gasteiger partial charge in [-0.3, -0.25) is 0 Å². The zero-order valence-corrected chi connectivity index (χ0v) is 13.4. The van der Waals surface area contributed by atoms with Gasteiger partial charge in [0.1, 0.15) is 11.6 Å². The van der Waals surface area contributed by atoms with Crippen LogP contribution in [0.25, 0.3) is 0 Å². The van der Waals surface area contributed by atoms with Gasteiger partial charge in [0.2, 0.25) is 5.95 Å². The van der Waals surface area contributed by atoms with Crippen LogP contribution < -0.4 is 10.6 Å². The van der Waals surface area contributed by atoms with Crippen LogP contribution in [0.1, 0.15) is 0 Å². The zero-order valence-electron chi connectivity index (χ0n) is 11.9. The van der Waals surface area contributed by atoms with E-state index in [4.69, 9.17) is 23.2 Å². The summed E-state index contributed by atoms with van der Waals surface area (Å²) in [5.41, 5.74) is 0.675. The molecule has 0 saturated heterocycles. The van der Waals surface area contributed by atoms with E-state index < -0.39 is 11.6 Å². The molecule has 0 amide bonds. The van der Waals surface area contributed by atoms with Crippen molar-refractivity contribution in [3.05, 3.63) is 64.3 Å². The molecule has 0 bridgehead atoms. The van der Waals surface area contributed by atoms with E-state index >= 15 is 0 Å². The van der Waals surface area contributed by atoms with Gasteiger partial charge in [-0.05, 0) is 30.3 Å². The Labute approximate surface area is 145 Å². The summed E-state index contributed by atoms with van der Waals surface area (Å²) < 4.78 is 26.6. The number of benzene rings is 2. The number of aromatic nitrogens is 3. The van der Waals surface area contributed by atoms with Crippen LogP contribution in [0.5, 0.6) is 0 Å². The molecule has 9 heteroatoms. The first-order valence-electron chi connectivity index (χ1n) is 6.65. The molecular formula is C15H9Cl2F2N5. The molecule has 0 spiro atoms. The fraction of sp³-hybridized carbons (Fsp3) is 0. The van der Waals surface area contributed by atoms with Gasteiger partial charge < -0.3 is 10.6 Å². The lowest BCUT2D eigenvalue weighted by Crippen LogP contribution is -2.03. The van der Waals surface area contributed by atoms with Crippen LogP contribution in [0.4, 0.5) is 31.9 Å². The molecular weight excluding hydrogens is 359 g/mol. The molecule has 1 aromatic heterocycles. The number of hydrogen-bond acceptors (Lipinski definition) is 5. The van der Waals surface area contributed by atoms with Crippen molar-refractivity contribution in [2.45, 2.75) is 0 Å². The Balaban J connectivity index is 1.79. The predicted octanol–water partition coefficient (Wildman–Crippen LogP) is 4.94. The summed E-state index contributed by atoms with van der Waals surface area (Å²) >= 11 is 11.8. The van der Waals surface area contributed by atoms with Crippen molar-refractivity contribution in [2.75, 3.05) is 10.6 Å². The van der Waals surface area contributed by atoms with Crippen LogP contribution in [-0.4, -0.2) is 15.2 Å². The molecule has 0 fully saturated rings. The molecule has 0 saturated carbocycles. The Morgan fingerprint density at radius 3 is 2.50 bits per heavy atom. The van der Waals surface area contributed by atoms with Crippen molar-refractivity contribution in [1.29, 1.82) is 0 Å². The van der Waals surface area contributed by atoms with Gasteiger partial charge in [-0.25, -0.2) is 8.78 Å². The standard InChI is InChI=1S/C15H9Cl2F2N5/c16-10-3-2-9(6-11(10)17)21-14-7-20-24-15(23-14)22-13-4-1-8(18)5-12(13)19/h1-7H,(H2,21,22,23,24). The molecule has 3 aromatic rings. The molecule has 0 radical (unpaired) electrons. The SMILES string of the molecule is Fc1ccc(Nc2nncc(Nc3ccc(Cl)c(Cl)c3)n2)c(F)c1. The maximum absolute atomic E-state index is 13.6. The molecule has 1 heterocycles. The van der Waals surface area contributed by atoms with Gasteiger partial charge in [-0.1, -0.05) is 23.2 Å². The number of anilines is 4. The quantitative estimate of drug-likeness (QED) is 0.683. The summed E-state index contributed by atoms with van der Waals surface area (Å²) in [5, 5.41) is 13.9. The van der Waals surface area contributed by atoms with Crippen molar-refractivity contribution in [3.63, 3.8) is 0 Å². The number of rotatable bonds is 4. The second kappa shape index (κ2) is 6.94. The molecule has 5 nitrogen and oxygen atoms in total. The summed E-state index contributed by atoms with van der Waals surface area (Å²) in [4.78, 5) is 4.15. The molecule has 0 aliphatic heterocycles. The lowest BCUT2D eigenvalue weighted by atomic mass is 10.3. The smallest absolute Gasteiger partial charge is 0.249 e.